The summed E-state index contributed by atoms with van der Waals surface area (Å²) in [5.41, 5.74) is 7.19. The molecule has 114 valence electrons. The van der Waals surface area contributed by atoms with Crippen LogP contribution in [0.25, 0.3) is 16.5 Å². The van der Waals surface area contributed by atoms with Gasteiger partial charge in [-0.1, -0.05) is 6.07 Å². The summed E-state index contributed by atoms with van der Waals surface area (Å²) in [6.45, 7) is 1.19. The van der Waals surface area contributed by atoms with Crippen LogP contribution in [0.5, 0.6) is 5.75 Å². The maximum Gasteiger partial charge on any atom is 3.00 e. The predicted molar refractivity (Wildman–Crippen MR) is 74.0 cm³/mol. The van der Waals surface area contributed by atoms with Crippen molar-refractivity contribution in [2.24, 2.45) is 0 Å². The Balaban J connectivity index is 0.00000242. The quantitative estimate of drug-likeness (QED) is 0.627. The van der Waals surface area contributed by atoms with Gasteiger partial charge in [0.25, 0.3) is 20.2 Å². The van der Waals surface area contributed by atoms with Crippen LogP contribution in [0, 0.1) is 6.92 Å². The van der Waals surface area contributed by atoms with Gasteiger partial charge >= 0.3 is 32.7 Å². The zero-order chi connectivity index (χ0) is 16.2. The molecule has 4 N–H and O–H groups in total. The number of rotatable bonds is 2. The van der Waals surface area contributed by atoms with Gasteiger partial charge in [0.05, 0.1) is 0 Å². The molecule has 0 aromatic heterocycles. The Morgan fingerprint density at radius 1 is 1.00 bits per heavy atom. The molecule has 2 aromatic carbocycles. The van der Waals surface area contributed by atoms with Gasteiger partial charge in [0.2, 0.25) is 0 Å². The Kier molecular flexibility index (Phi) is 5.28. The molecule has 0 aliphatic carbocycles. The van der Waals surface area contributed by atoms with Gasteiger partial charge in [-0.2, -0.15) is 16.8 Å². The molecule has 0 atom stereocenters. The zero-order valence-electron chi connectivity index (χ0n) is 11.1. The van der Waals surface area contributed by atoms with Crippen LogP contribution in [-0.2, 0) is 52.9 Å². The van der Waals surface area contributed by atoms with Crippen molar-refractivity contribution in [3.8, 4) is 5.75 Å². The first-order chi connectivity index (χ1) is 9.44. The van der Waals surface area contributed by atoms with E-state index in [4.69, 9.17) is 14.8 Å². The van der Waals surface area contributed by atoms with Gasteiger partial charge in [-0.15, -0.1) is 5.69 Å². The van der Waals surface area contributed by atoms with E-state index in [0.717, 1.165) is 18.2 Å². The Hall–Kier alpha value is -0.776. The van der Waals surface area contributed by atoms with Crippen LogP contribution in [0.15, 0.2) is 28.0 Å². The summed E-state index contributed by atoms with van der Waals surface area (Å²) in [6.07, 6.45) is 0. The molecule has 0 aliphatic rings. The molecule has 0 spiro atoms. The standard InChI is InChI=1S/C11H10NO7S2.Y/c1-5-9(21(17,18)19)4-6-8(20(14,15)16)3-2-7(12)10(6)11(5)13;/h2-4,12-13H,1H3,(H,14,15,16)(H,17,18,19);/q-1;+3. The maximum atomic E-state index is 11.3. The molecule has 0 fully saturated rings. The van der Waals surface area contributed by atoms with Crippen LogP contribution in [0.1, 0.15) is 5.56 Å². The van der Waals surface area contributed by atoms with Crippen LogP contribution >= 0.6 is 0 Å². The van der Waals surface area contributed by atoms with Gasteiger partial charge in [0, 0.05) is 16.3 Å². The summed E-state index contributed by atoms with van der Waals surface area (Å²) in [5.74, 6) is -0.657. The molecule has 0 radical (unpaired) electrons. The van der Waals surface area contributed by atoms with Crippen molar-refractivity contribution in [3.05, 3.63) is 29.5 Å². The fourth-order valence-electron chi connectivity index (χ4n) is 2.04. The first kappa shape index (κ1) is 19.3. The normalized spacial score (nSPS) is 12.1. The fourth-order valence-corrected chi connectivity index (χ4v) is 3.46. The van der Waals surface area contributed by atoms with Crippen molar-refractivity contribution < 1.29 is 63.8 Å². The van der Waals surface area contributed by atoms with Gasteiger partial charge in [0.1, 0.15) is 15.5 Å². The molecule has 0 heterocycles. The van der Waals surface area contributed by atoms with E-state index in [1.165, 1.54) is 6.92 Å². The first-order valence-corrected chi connectivity index (χ1v) is 8.28. The third kappa shape index (κ3) is 3.26. The minimum absolute atomic E-state index is 0. The van der Waals surface area contributed by atoms with E-state index in [1.807, 2.05) is 0 Å². The molecule has 0 saturated carbocycles. The van der Waals surface area contributed by atoms with Crippen molar-refractivity contribution >= 4 is 36.7 Å². The molecule has 0 amide bonds. The molecule has 0 saturated heterocycles. The molecule has 2 aromatic rings. The molecule has 0 unspecified atom stereocenters. The molecule has 0 aliphatic heterocycles. The molecule has 8 nitrogen and oxygen atoms in total. The van der Waals surface area contributed by atoms with E-state index in [1.54, 1.807) is 0 Å². The Morgan fingerprint density at radius 3 is 1.95 bits per heavy atom. The average molecular weight is 421 g/mol. The summed E-state index contributed by atoms with van der Waals surface area (Å²) >= 11 is 0. The number of phenolic OH excluding ortho intramolecular Hbond substituents is 1. The topological polar surface area (TPSA) is 153 Å². The predicted octanol–water partition coefficient (Wildman–Crippen LogP) is 2.03. The Morgan fingerprint density at radius 2 is 1.50 bits per heavy atom. The van der Waals surface area contributed by atoms with E-state index in [2.05, 4.69) is 0 Å². The van der Waals surface area contributed by atoms with E-state index in [-0.39, 0.29) is 54.7 Å². The van der Waals surface area contributed by atoms with Crippen molar-refractivity contribution in [2.75, 3.05) is 0 Å². The monoisotopic (exact) mass is 421 g/mol. The average Bonchev–Trinajstić information content (AvgIpc) is 2.30. The fraction of sp³-hybridized carbons (Fsp3) is 0.0909. The number of hydrogen-bond donors (Lipinski definition) is 3. The van der Waals surface area contributed by atoms with Crippen molar-refractivity contribution in [1.82, 2.24) is 0 Å². The minimum Gasteiger partial charge on any atom is -0.698 e. The van der Waals surface area contributed by atoms with Crippen LogP contribution in [-0.4, -0.2) is 31.0 Å². The van der Waals surface area contributed by atoms with Crippen molar-refractivity contribution in [2.45, 2.75) is 16.7 Å². The second kappa shape index (κ2) is 6.02. The second-order valence-corrected chi connectivity index (χ2v) is 7.11. The summed E-state index contributed by atoms with van der Waals surface area (Å²) in [4.78, 5) is -1.38. The number of nitrogens with one attached hydrogen (secondary N) is 1. The third-order valence-corrected chi connectivity index (χ3v) is 4.89. The van der Waals surface area contributed by atoms with Gasteiger partial charge in [-0.05, 0) is 19.1 Å². The molecule has 0 bridgehead atoms. The maximum absolute atomic E-state index is 11.3. The summed E-state index contributed by atoms with van der Waals surface area (Å²) in [6, 6.07) is 2.74. The number of fused-ring (bicyclic) bond motifs is 1. The van der Waals surface area contributed by atoms with Crippen molar-refractivity contribution in [1.29, 1.82) is 0 Å². The van der Waals surface area contributed by atoms with Gasteiger partial charge in [0.15, 0.2) is 0 Å². The van der Waals surface area contributed by atoms with E-state index in [9.17, 15) is 21.9 Å². The summed E-state index contributed by atoms with van der Waals surface area (Å²) < 4.78 is 63.5. The van der Waals surface area contributed by atoms with E-state index >= 15 is 0 Å². The molecular weight excluding hydrogens is 411 g/mol. The Labute approximate surface area is 151 Å². The Bertz CT molecular complexity index is 968. The summed E-state index contributed by atoms with van der Waals surface area (Å²) in [7, 11) is -9.43. The van der Waals surface area contributed by atoms with E-state index < -0.39 is 35.8 Å². The number of phenols is 1. The smallest absolute Gasteiger partial charge is 0.698 e. The number of aromatic hydroxyl groups is 1. The largest absolute Gasteiger partial charge is 3.00 e. The van der Waals surface area contributed by atoms with E-state index in [0.29, 0.717) is 0 Å². The van der Waals surface area contributed by atoms with Crippen LogP contribution < -0.4 is 0 Å². The number of benzene rings is 2. The first-order valence-electron chi connectivity index (χ1n) is 5.40. The second-order valence-electron chi connectivity index (χ2n) is 4.33. The molecule has 11 heteroatoms. The van der Waals surface area contributed by atoms with Crippen LogP contribution in [0.3, 0.4) is 0 Å². The van der Waals surface area contributed by atoms with Crippen LogP contribution in [0.2, 0.25) is 0 Å². The van der Waals surface area contributed by atoms with Gasteiger partial charge < -0.3 is 10.8 Å². The molecule has 22 heavy (non-hydrogen) atoms. The molecule has 2 rings (SSSR count). The van der Waals surface area contributed by atoms with Gasteiger partial charge in [-0.25, -0.2) is 0 Å². The SMILES string of the molecule is Cc1c(S(=O)(=O)O)cc2c(S(=O)(=O)O)ccc([NH-])c2c1O.[Y+3]. The molecular formula is C11H10NO7S2Y+2. The van der Waals surface area contributed by atoms with Gasteiger partial charge in [-0.3, -0.25) is 9.11 Å². The number of hydrogen-bond acceptors (Lipinski definition) is 5. The van der Waals surface area contributed by atoms with Crippen LogP contribution in [0.4, 0.5) is 5.69 Å². The zero-order valence-corrected chi connectivity index (χ0v) is 15.6. The third-order valence-electron chi connectivity index (χ3n) is 3.00. The van der Waals surface area contributed by atoms with Crippen molar-refractivity contribution in [3.63, 3.8) is 0 Å². The summed E-state index contributed by atoms with van der Waals surface area (Å²) in [5, 5.41) is 9.39. The minimum atomic E-state index is -4.72.